The van der Waals surface area contributed by atoms with Gasteiger partial charge in [0, 0.05) is 18.8 Å². The number of hydrogen-bond acceptors (Lipinski definition) is 4. The van der Waals surface area contributed by atoms with Crippen molar-refractivity contribution in [1.29, 1.82) is 0 Å². The first kappa shape index (κ1) is 17.6. The minimum absolute atomic E-state index is 0.0938. The van der Waals surface area contributed by atoms with Crippen LogP contribution < -0.4 is 5.56 Å². The molecule has 0 spiro atoms. The van der Waals surface area contributed by atoms with Crippen molar-refractivity contribution in [2.75, 3.05) is 6.61 Å². The lowest BCUT2D eigenvalue weighted by molar-refractivity contribution is -0.386. The van der Waals surface area contributed by atoms with Crippen LogP contribution in [0.3, 0.4) is 0 Å². The summed E-state index contributed by atoms with van der Waals surface area (Å²) in [5, 5.41) is 11.0. The van der Waals surface area contributed by atoms with E-state index in [9.17, 15) is 14.9 Å². The third kappa shape index (κ3) is 4.24. The maximum atomic E-state index is 12.0. The Morgan fingerprint density at radius 1 is 1.38 bits per heavy atom. The van der Waals surface area contributed by atoms with Crippen LogP contribution in [-0.2, 0) is 11.0 Å². The minimum atomic E-state index is -1.87. The average Bonchev–Trinajstić information content (AvgIpc) is 2.31. The molecule has 1 heterocycles. The number of pyridine rings is 1. The van der Waals surface area contributed by atoms with Crippen molar-refractivity contribution >= 4 is 14.0 Å². The molecule has 1 aromatic heterocycles. The van der Waals surface area contributed by atoms with Gasteiger partial charge in [-0.3, -0.25) is 14.9 Å². The van der Waals surface area contributed by atoms with Crippen LogP contribution in [0.25, 0.3) is 0 Å². The number of hydrogen-bond donors (Lipinski definition) is 0. The normalized spacial score (nSPS) is 12.5. The molecule has 6 nitrogen and oxygen atoms in total. The van der Waals surface area contributed by atoms with Gasteiger partial charge in [-0.15, -0.1) is 0 Å². The van der Waals surface area contributed by atoms with Crippen molar-refractivity contribution < 1.29 is 9.35 Å². The molecule has 0 aliphatic heterocycles. The van der Waals surface area contributed by atoms with Gasteiger partial charge in [0.15, 0.2) is 8.32 Å². The molecule has 0 radical (unpaired) electrons. The van der Waals surface area contributed by atoms with E-state index in [-0.39, 0.29) is 10.7 Å². The zero-order valence-corrected chi connectivity index (χ0v) is 14.6. The lowest BCUT2D eigenvalue weighted by Gasteiger charge is -2.36. The first-order chi connectivity index (χ1) is 9.45. The number of nitro groups is 1. The SMILES string of the molecule is Cc1cc([N+](=O)[O-])c(=O)n(CCO[Si](C)(C)C(C)(C)C)c1. The van der Waals surface area contributed by atoms with E-state index in [1.807, 2.05) is 0 Å². The van der Waals surface area contributed by atoms with Gasteiger partial charge in [-0.1, -0.05) is 20.8 Å². The quantitative estimate of drug-likeness (QED) is 0.476. The highest BCUT2D eigenvalue weighted by molar-refractivity contribution is 6.74. The highest BCUT2D eigenvalue weighted by Gasteiger charge is 2.36. The van der Waals surface area contributed by atoms with Crippen LogP contribution >= 0.6 is 0 Å². The Morgan fingerprint density at radius 2 is 1.95 bits per heavy atom. The highest BCUT2D eigenvalue weighted by atomic mass is 28.4. The molecule has 0 atom stereocenters. The molecule has 118 valence electrons. The number of nitrogens with zero attached hydrogens (tertiary/aromatic N) is 2. The maximum absolute atomic E-state index is 12.0. The molecule has 0 N–H and O–H groups in total. The molecule has 21 heavy (non-hydrogen) atoms. The Morgan fingerprint density at radius 3 is 2.43 bits per heavy atom. The summed E-state index contributed by atoms with van der Waals surface area (Å²) in [5.74, 6) is 0. The summed E-state index contributed by atoms with van der Waals surface area (Å²) in [4.78, 5) is 22.2. The minimum Gasteiger partial charge on any atom is -0.415 e. The molecule has 1 aromatic rings. The lowest BCUT2D eigenvalue weighted by atomic mass is 10.2. The summed E-state index contributed by atoms with van der Waals surface area (Å²) in [5.41, 5.74) is -0.277. The van der Waals surface area contributed by atoms with Crippen LogP contribution in [0, 0.1) is 17.0 Å². The fraction of sp³-hybridized carbons (Fsp3) is 0.643. The second-order valence-electron chi connectivity index (χ2n) is 6.77. The second-order valence-corrected chi connectivity index (χ2v) is 11.6. The maximum Gasteiger partial charge on any atom is 0.334 e. The van der Waals surface area contributed by atoms with Crippen molar-refractivity contribution in [1.82, 2.24) is 4.57 Å². The number of aromatic nitrogens is 1. The molecule has 0 aliphatic rings. The Labute approximate surface area is 126 Å². The molecule has 0 aliphatic carbocycles. The van der Waals surface area contributed by atoms with Gasteiger partial charge in [0.2, 0.25) is 0 Å². The zero-order valence-electron chi connectivity index (χ0n) is 13.6. The summed E-state index contributed by atoms with van der Waals surface area (Å²) in [6.07, 6.45) is 1.63. The Bertz CT molecular complexity index is 588. The van der Waals surface area contributed by atoms with Crippen LogP contribution in [0.1, 0.15) is 26.3 Å². The van der Waals surface area contributed by atoms with Crippen LogP contribution in [0.15, 0.2) is 17.1 Å². The van der Waals surface area contributed by atoms with Crippen molar-refractivity contribution in [3.63, 3.8) is 0 Å². The molecule has 0 aromatic carbocycles. The summed E-state index contributed by atoms with van der Waals surface area (Å²) < 4.78 is 7.36. The van der Waals surface area contributed by atoms with Crippen molar-refractivity contribution in [3.8, 4) is 0 Å². The molecule has 0 amide bonds. The van der Waals surface area contributed by atoms with E-state index in [4.69, 9.17) is 4.43 Å². The second kappa shape index (κ2) is 6.11. The zero-order chi connectivity index (χ0) is 16.4. The van der Waals surface area contributed by atoms with E-state index in [1.54, 1.807) is 13.1 Å². The molecule has 0 saturated heterocycles. The van der Waals surface area contributed by atoms with E-state index in [1.165, 1.54) is 10.6 Å². The Hall–Kier alpha value is -1.47. The molecule has 0 bridgehead atoms. The Balaban J connectivity index is 2.87. The van der Waals surface area contributed by atoms with Crippen molar-refractivity contribution in [2.45, 2.75) is 52.4 Å². The standard InChI is InChI=1S/C14H24N2O4Si/c1-11-9-12(16(18)19)13(17)15(10-11)7-8-20-21(5,6)14(2,3)4/h9-10H,7-8H2,1-6H3. The van der Waals surface area contributed by atoms with Crippen LogP contribution in [-0.4, -0.2) is 24.4 Å². The van der Waals surface area contributed by atoms with Gasteiger partial charge in [0.25, 0.3) is 0 Å². The third-order valence-electron chi connectivity index (χ3n) is 4.00. The van der Waals surface area contributed by atoms with Gasteiger partial charge >= 0.3 is 11.2 Å². The predicted molar refractivity (Wildman–Crippen MR) is 85.2 cm³/mol. The van der Waals surface area contributed by atoms with Gasteiger partial charge in [-0.05, 0) is 30.6 Å². The predicted octanol–water partition coefficient (Wildman–Crippen LogP) is 3.09. The van der Waals surface area contributed by atoms with Crippen LogP contribution in [0.2, 0.25) is 18.1 Å². The van der Waals surface area contributed by atoms with E-state index in [0.29, 0.717) is 18.7 Å². The monoisotopic (exact) mass is 312 g/mol. The molecular formula is C14H24N2O4Si. The molecule has 7 heteroatoms. The molecule has 1 rings (SSSR count). The Kier molecular flexibility index (Phi) is 5.11. The first-order valence-corrected chi connectivity index (χ1v) is 9.86. The molecule has 0 saturated carbocycles. The van der Waals surface area contributed by atoms with Gasteiger partial charge in [-0.2, -0.15) is 0 Å². The summed E-state index contributed by atoms with van der Waals surface area (Å²) in [6.45, 7) is 13.1. The van der Waals surface area contributed by atoms with Crippen molar-refractivity contribution in [2.24, 2.45) is 0 Å². The van der Waals surface area contributed by atoms with E-state index < -0.39 is 18.8 Å². The van der Waals surface area contributed by atoms with Crippen molar-refractivity contribution in [3.05, 3.63) is 38.3 Å². The van der Waals surface area contributed by atoms with E-state index >= 15 is 0 Å². The van der Waals surface area contributed by atoms with Gasteiger partial charge in [-0.25, -0.2) is 0 Å². The van der Waals surface area contributed by atoms with Gasteiger partial charge in [0.05, 0.1) is 11.5 Å². The molecule has 0 unspecified atom stereocenters. The largest absolute Gasteiger partial charge is 0.415 e. The van der Waals surface area contributed by atoms with Crippen LogP contribution in [0.5, 0.6) is 0 Å². The van der Waals surface area contributed by atoms with E-state index in [0.717, 1.165) is 0 Å². The summed E-state index contributed by atoms with van der Waals surface area (Å²) in [6, 6.07) is 1.30. The number of rotatable bonds is 5. The third-order valence-corrected chi connectivity index (χ3v) is 8.54. The smallest absolute Gasteiger partial charge is 0.334 e. The fourth-order valence-corrected chi connectivity index (χ4v) is 2.71. The fourth-order valence-electron chi connectivity index (χ4n) is 1.68. The lowest BCUT2D eigenvalue weighted by Crippen LogP contribution is -2.41. The van der Waals surface area contributed by atoms with E-state index in [2.05, 4.69) is 33.9 Å². The summed E-state index contributed by atoms with van der Waals surface area (Å²) in [7, 11) is -1.87. The molecule has 0 fully saturated rings. The number of aryl methyl sites for hydroxylation is 1. The average molecular weight is 312 g/mol. The van der Waals surface area contributed by atoms with Gasteiger partial charge < -0.3 is 8.99 Å². The topological polar surface area (TPSA) is 74.4 Å². The first-order valence-electron chi connectivity index (χ1n) is 6.95. The van der Waals surface area contributed by atoms with Crippen LogP contribution in [0.4, 0.5) is 5.69 Å². The van der Waals surface area contributed by atoms with Gasteiger partial charge in [0.1, 0.15) is 0 Å². The highest BCUT2D eigenvalue weighted by Crippen LogP contribution is 2.36. The summed E-state index contributed by atoms with van der Waals surface area (Å²) >= 11 is 0. The molecular weight excluding hydrogens is 288 g/mol.